The van der Waals surface area contributed by atoms with Gasteiger partial charge in [0.15, 0.2) is 0 Å². The molecular weight excluding hydrogens is 332 g/mol. The first-order valence-corrected chi connectivity index (χ1v) is 9.53. The third-order valence-corrected chi connectivity index (χ3v) is 7.04. The molecule has 0 radical (unpaired) electrons. The maximum Gasteiger partial charge on any atom is 0.239 e. The van der Waals surface area contributed by atoms with E-state index < -0.39 is 15.6 Å². The van der Waals surface area contributed by atoms with E-state index in [2.05, 4.69) is 9.98 Å². The van der Waals surface area contributed by atoms with Crippen molar-refractivity contribution in [1.29, 1.82) is 0 Å². The largest absolute Gasteiger partial charge is 0.369 e. The van der Waals surface area contributed by atoms with Crippen LogP contribution in [0.15, 0.2) is 34.9 Å². The van der Waals surface area contributed by atoms with Crippen molar-refractivity contribution < 1.29 is 8.42 Å². The normalized spacial score (nSPS) is 23.6. The van der Waals surface area contributed by atoms with Crippen LogP contribution in [-0.2, 0) is 15.6 Å². The summed E-state index contributed by atoms with van der Waals surface area (Å²) in [4.78, 5) is 9.49. The first-order chi connectivity index (χ1) is 10.7. The van der Waals surface area contributed by atoms with E-state index in [1.54, 1.807) is 19.3 Å². The Bertz CT molecular complexity index is 888. The highest BCUT2D eigenvalue weighted by Gasteiger charge is 2.41. The molecule has 1 aliphatic heterocycles. The monoisotopic (exact) mass is 350 g/mol. The van der Waals surface area contributed by atoms with Crippen molar-refractivity contribution in [2.75, 3.05) is 12.8 Å². The average Bonchev–Trinajstić information content (AvgIpc) is 2.95. The van der Waals surface area contributed by atoms with Crippen molar-refractivity contribution in [1.82, 2.24) is 9.29 Å². The molecule has 0 spiro atoms. The number of rotatable bonds is 2. The number of aliphatic imine (C=N–C) groups is 1. The molecule has 0 amide bonds. The van der Waals surface area contributed by atoms with Crippen LogP contribution in [0.4, 0.5) is 0 Å². The third-order valence-electron chi connectivity index (χ3n) is 3.90. The van der Waals surface area contributed by atoms with Crippen LogP contribution >= 0.6 is 11.3 Å². The summed E-state index contributed by atoms with van der Waals surface area (Å²) < 4.78 is 25.6. The minimum Gasteiger partial charge on any atom is -0.369 e. The minimum absolute atomic E-state index is 0.0194. The van der Waals surface area contributed by atoms with Crippen LogP contribution in [-0.4, -0.2) is 36.5 Å². The highest BCUT2D eigenvalue weighted by Crippen LogP contribution is 2.38. The summed E-state index contributed by atoms with van der Waals surface area (Å²) in [5.74, 6) is -0.0747. The van der Waals surface area contributed by atoms with Crippen molar-refractivity contribution in [2.45, 2.75) is 19.4 Å². The van der Waals surface area contributed by atoms with E-state index in [4.69, 9.17) is 5.73 Å². The van der Waals surface area contributed by atoms with E-state index in [-0.39, 0.29) is 11.7 Å². The maximum absolute atomic E-state index is 12.3. The summed E-state index contributed by atoms with van der Waals surface area (Å²) in [6.07, 6.45) is 3.59. The van der Waals surface area contributed by atoms with Gasteiger partial charge in [0.05, 0.1) is 5.75 Å². The Morgan fingerprint density at radius 2 is 2.04 bits per heavy atom. The summed E-state index contributed by atoms with van der Waals surface area (Å²) in [5, 5.41) is 1.99. The molecule has 0 aliphatic carbocycles. The Balaban J connectivity index is 2.03. The number of nitrogens with two attached hydrogens (primary N) is 1. The Labute approximate surface area is 139 Å². The molecule has 23 heavy (non-hydrogen) atoms. The average molecular weight is 350 g/mol. The zero-order valence-corrected chi connectivity index (χ0v) is 14.8. The minimum atomic E-state index is -3.46. The molecule has 6 nitrogen and oxygen atoms in total. The van der Waals surface area contributed by atoms with Crippen molar-refractivity contribution in [3.05, 3.63) is 40.3 Å². The van der Waals surface area contributed by atoms with Gasteiger partial charge in [0.2, 0.25) is 16.0 Å². The van der Waals surface area contributed by atoms with Gasteiger partial charge in [-0.2, -0.15) is 0 Å². The summed E-state index contributed by atoms with van der Waals surface area (Å²) >= 11 is 1.49. The summed E-state index contributed by atoms with van der Waals surface area (Å²) in [7, 11) is -2.03. The van der Waals surface area contributed by atoms with E-state index in [0.29, 0.717) is 0 Å². The third kappa shape index (κ3) is 2.84. The van der Waals surface area contributed by atoms with E-state index in [1.165, 1.54) is 18.4 Å². The van der Waals surface area contributed by atoms with Crippen molar-refractivity contribution in [3.8, 4) is 11.1 Å². The quantitative estimate of drug-likeness (QED) is 0.896. The van der Waals surface area contributed by atoms with Crippen LogP contribution in [0.1, 0.15) is 17.4 Å². The maximum atomic E-state index is 12.3. The molecule has 2 aromatic rings. The van der Waals surface area contributed by atoms with Crippen LogP contribution in [0.5, 0.6) is 0 Å². The fourth-order valence-electron chi connectivity index (χ4n) is 2.56. The van der Waals surface area contributed by atoms with E-state index in [0.717, 1.165) is 25.9 Å². The van der Waals surface area contributed by atoms with E-state index >= 15 is 0 Å². The molecule has 2 aromatic heterocycles. The zero-order valence-electron chi connectivity index (χ0n) is 13.1. The van der Waals surface area contributed by atoms with Crippen LogP contribution in [0.3, 0.4) is 0 Å². The van der Waals surface area contributed by atoms with Gasteiger partial charge in [-0.3, -0.25) is 4.98 Å². The molecule has 0 unspecified atom stereocenters. The van der Waals surface area contributed by atoms with E-state index in [9.17, 15) is 8.42 Å². The molecule has 1 aliphatic rings. The number of aromatic nitrogens is 1. The smallest absolute Gasteiger partial charge is 0.239 e. The van der Waals surface area contributed by atoms with Crippen LogP contribution in [0, 0.1) is 6.92 Å². The predicted octanol–water partition coefficient (Wildman–Crippen LogP) is 1.92. The molecular formula is C15H18N4O2S2. The molecule has 2 N–H and O–H groups in total. The molecule has 0 saturated heterocycles. The topological polar surface area (TPSA) is 88.7 Å². The van der Waals surface area contributed by atoms with Crippen LogP contribution < -0.4 is 5.73 Å². The Morgan fingerprint density at radius 1 is 1.30 bits per heavy atom. The van der Waals surface area contributed by atoms with Crippen molar-refractivity contribution in [2.24, 2.45) is 10.7 Å². The number of hydrogen-bond donors (Lipinski definition) is 1. The van der Waals surface area contributed by atoms with Gasteiger partial charge < -0.3 is 5.73 Å². The lowest BCUT2D eigenvalue weighted by molar-refractivity contribution is 0.482. The second kappa shape index (κ2) is 5.31. The zero-order chi connectivity index (χ0) is 16.8. The number of thiophene rings is 1. The van der Waals surface area contributed by atoms with Gasteiger partial charge in [0, 0.05) is 29.9 Å². The van der Waals surface area contributed by atoms with Gasteiger partial charge in [-0.05, 0) is 42.5 Å². The lowest BCUT2D eigenvalue weighted by atomic mass is 10.0. The predicted molar refractivity (Wildman–Crippen MR) is 92.8 cm³/mol. The summed E-state index contributed by atoms with van der Waals surface area (Å²) in [6, 6.07) is 4.02. The molecule has 0 fully saturated rings. The number of sulfonamides is 1. The molecule has 122 valence electrons. The van der Waals surface area contributed by atoms with Gasteiger partial charge >= 0.3 is 0 Å². The number of aryl methyl sites for hydroxylation is 1. The van der Waals surface area contributed by atoms with Gasteiger partial charge in [-0.15, -0.1) is 11.3 Å². The van der Waals surface area contributed by atoms with Gasteiger partial charge in [-0.25, -0.2) is 17.7 Å². The number of nitrogens with zero attached hydrogens (tertiary/aromatic N) is 3. The Hall–Kier alpha value is -1.93. The van der Waals surface area contributed by atoms with Crippen LogP contribution in [0.2, 0.25) is 0 Å². The second-order valence-corrected chi connectivity index (χ2v) is 8.83. The number of guanidine groups is 1. The first kappa shape index (κ1) is 15.9. The van der Waals surface area contributed by atoms with E-state index in [1.807, 2.05) is 24.4 Å². The fourth-order valence-corrected chi connectivity index (χ4v) is 5.13. The van der Waals surface area contributed by atoms with Gasteiger partial charge in [-0.1, -0.05) is 0 Å². The van der Waals surface area contributed by atoms with Crippen molar-refractivity contribution >= 4 is 27.3 Å². The highest BCUT2D eigenvalue weighted by atomic mass is 32.2. The Kier molecular flexibility index (Phi) is 3.68. The molecule has 8 heteroatoms. The van der Waals surface area contributed by atoms with Gasteiger partial charge in [0.25, 0.3) is 0 Å². The summed E-state index contributed by atoms with van der Waals surface area (Å²) in [5.41, 5.74) is 8.02. The lowest BCUT2D eigenvalue weighted by Crippen LogP contribution is -2.50. The summed E-state index contributed by atoms with van der Waals surface area (Å²) in [6.45, 7) is 3.79. The molecule has 0 saturated carbocycles. The van der Waals surface area contributed by atoms with Gasteiger partial charge in [0.1, 0.15) is 5.54 Å². The Morgan fingerprint density at radius 3 is 2.70 bits per heavy atom. The number of pyridine rings is 1. The standard InChI is InChI=1S/C15H18N4O2S2/c1-10-4-11(7-17-6-10)12-5-13(22-8-12)15(2)9-23(20,21)19(3)14(16)18-15/h4-8H,9H2,1-3H3,(H2,16,18)/t15-/m0/s1. The molecule has 3 heterocycles. The molecule has 0 bridgehead atoms. The second-order valence-electron chi connectivity index (χ2n) is 5.92. The molecule has 0 aromatic carbocycles. The van der Waals surface area contributed by atoms with Crippen molar-refractivity contribution in [3.63, 3.8) is 0 Å². The first-order valence-electron chi connectivity index (χ1n) is 7.04. The molecule has 3 rings (SSSR count). The lowest BCUT2D eigenvalue weighted by Gasteiger charge is -2.33. The van der Waals surface area contributed by atoms with Crippen LogP contribution in [0.25, 0.3) is 11.1 Å². The number of hydrogen-bond acceptors (Lipinski definition) is 6. The molecule has 1 atom stereocenters. The SMILES string of the molecule is Cc1cncc(-c2csc([C@]3(C)CS(=O)(=O)N(C)C(N)=N3)c2)c1. The fraction of sp³-hybridized carbons (Fsp3) is 0.333. The highest BCUT2D eigenvalue weighted by molar-refractivity contribution is 7.89.